The molecule has 0 bridgehead atoms. The number of halogens is 2. The third kappa shape index (κ3) is 18.9. The summed E-state index contributed by atoms with van der Waals surface area (Å²) in [5.74, 6) is 0.246. The van der Waals surface area contributed by atoms with Crippen LogP contribution in [0.4, 0.5) is 0 Å². The van der Waals surface area contributed by atoms with E-state index in [1.54, 1.807) is 0 Å². The third-order valence-electron chi connectivity index (χ3n) is 2.71. The molecule has 10 nitrogen and oxygen atoms in total. The van der Waals surface area contributed by atoms with Crippen molar-refractivity contribution in [1.82, 2.24) is 0 Å². The second-order valence-electron chi connectivity index (χ2n) is 5.18. The Balaban J connectivity index is 0.000000442. The number of hydrogen-bond donors (Lipinski definition) is 6. The highest BCUT2D eigenvalue weighted by Crippen LogP contribution is 2.11. The summed E-state index contributed by atoms with van der Waals surface area (Å²) >= 11 is 6.68. The number of aliphatic imine (C=N–C) groups is 2. The van der Waals surface area contributed by atoms with Gasteiger partial charge in [0.15, 0.2) is 11.9 Å². The molecule has 0 aromatic heterocycles. The van der Waals surface area contributed by atoms with Crippen molar-refractivity contribution in [2.45, 2.75) is 13.1 Å². The quantitative estimate of drug-likeness (QED) is 0.186. The van der Waals surface area contributed by atoms with Crippen molar-refractivity contribution in [1.29, 1.82) is 0 Å². The molecule has 29 heavy (non-hydrogen) atoms. The van der Waals surface area contributed by atoms with Gasteiger partial charge in [0, 0.05) is 8.95 Å². The average molecular weight is 554 g/mol. The monoisotopic (exact) mass is 552 g/mol. The predicted octanol–water partition coefficient (Wildman–Crippen LogP) is 1.79. The zero-order valence-electron chi connectivity index (χ0n) is 15.1. The third-order valence-corrected chi connectivity index (χ3v) is 3.77. The molecule has 2 aromatic carbocycles. The van der Waals surface area contributed by atoms with Crippen LogP contribution in [0.5, 0.6) is 0 Å². The standard InChI is InChI=1S/2C8H10BrN3.H2O4S/c2*9-7-3-1-6(2-4-7)5-12-8(10)11;1-5(2,3)4/h2*1-4H,5H2,(H4,10,11,12);(H2,1,2,3,4). The van der Waals surface area contributed by atoms with Gasteiger partial charge in [-0.25, -0.2) is 9.98 Å². The van der Waals surface area contributed by atoms with E-state index in [1.807, 2.05) is 48.5 Å². The van der Waals surface area contributed by atoms with Crippen LogP contribution in [0, 0.1) is 0 Å². The minimum absolute atomic E-state index is 0.123. The van der Waals surface area contributed by atoms with Crippen molar-refractivity contribution in [2.75, 3.05) is 0 Å². The highest BCUT2D eigenvalue weighted by atomic mass is 79.9. The smallest absolute Gasteiger partial charge is 0.370 e. The molecule has 0 spiro atoms. The molecule has 0 unspecified atom stereocenters. The van der Waals surface area contributed by atoms with Crippen molar-refractivity contribution in [3.8, 4) is 0 Å². The average Bonchev–Trinajstić information content (AvgIpc) is 2.60. The minimum Gasteiger partial charge on any atom is -0.370 e. The Bertz CT molecular complexity index is 827. The Hall–Kier alpha value is -2.19. The summed E-state index contributed by atoms with van der Waals surface area (Å²) in [7, 11) is -4.67. The van der Waals surface area contributed by atoms with Gasteiger partial charge in [-0.05, 0) is 35.4 Å². The summed E-state index contributed by atoms with van der Waals surface area (Å²) < 4.78 is 33.7. The van der Waals surface area contributed by atoms with Crippen LogP contribution in [-0.4, -0.2) is 29.4 Å². The molecule has 10 N–H and O–H groups in total. The van der Waals surface area contributed by atoms with Crippen molar-refractivity contribution >= 4 is 54.2 Å². The van der Waals surface area contributed by atoms with Gasteiger partial charge >= 0.3 is 10.4 Å². The fraction of sp³-hybridized carbons (Fsp3) is 0.125. The first-order valence-corrected chi connectivity index (χ1v) is 10.6. The molecule has 0 saturated heterocycles. The normalized spacial score (nSPS) is 9.79. The van der Waals surface area contributed by atoms with E-state index in [2.05, 4.69) is 41.8 Å². The first-order chi connectivity index (χ1) is 13.4. The molecule has 0 heterocycles. The van der Waals surface area contributed by atoms with Crippen LogP contribution < -0.4 is 22.9 Å². The number of rotatable bonds is 4. The van der Waals surface area contributed by atoms with Crippen LogP contribution in [0.3, 0.4) is 0 Å². The van der Waals surface area contributed by atoms with Gasteiger partial charge in [-0.1, -0.05) is 56.1 Å². The van der Waals surface area contributed by atoms with Crippen LogP contribution in [0.25, 0.3) is 0 Å². The van der Waals surface area contributed by atoms with Gasteiger partial charge in [-0.2, -0.15) is 8.42 Å². The molecule has 0 radical (unpaired) electrons. The predicted molar refractivity (Wildman–Crippen MR) is 121 cm³/mol. The van der Waals surface area contributed by atoms with Gasteiger partial charge in [0.2, 0.25) is 0 Å². The molecule has 2 rings (SSSR count). The van der Waals surface area contributed by atoms with Crippen molar-refractivity contribution < 1.29 is 17.5 Å². The van der Waals surface area contributed by atoms with Crippen molar-refractivity contribution in [3.63, 3.8) is 0 Å². The van der Waals surface area contributed by atoms with Gasteiger partial charge < -0.3 is 22.9 Å². The summed E-state index contributed by atoms with van der Waals surface area (Å²) in [4.78, 5) is 7.76. The summed E-state index contributed by atoms with van der Waals surface area (Å²) in [6.45, 7) is 1.07. The zero-order valence-corrected chi connectivity index (χ0v) is 19.1. The molecule has 0 amide bonds. The van der Waals surface area contributed by atoms with E-state index in [1.165, 1.54) is 0 Å². The van der Waals surface area contributed by atoms with Crippen LogP contribution in [-0.2, 0) is 23.5 Å². The number of hydrogen-bond acceptors (Lipinski definition) is 4. The molecule has 0 atom stereocenters. The van der Waals surface area contributed by atoms with Crippen LogP contribution >= 0.6 is 31.9 Å². The summed E-state index contributed by atoms with van der Waals surface area (Å²) in [6.07, 6.45) is 0. The van der Waals surface area contributed by atoms with Gasteiger partial charge in [-0.3, -0.25) is 9.11 Å². The van der Waals surface area contributed by atoms with E-state index in [0.717, 1.165) is 20.1 Å². The Kier molecular flexibility index (Phi) is 12.8. The SMILES string of the molecule is NC(N)=NCc1ccc(Br)cc1.NC(N)=NCc1ccc(Br)cc1.O=S(=O)(O)O. The highest BCUT2D eigenvalue weighted by Gasteiger charge is 1.91. The van der Waals surface area contributed by atoms with E-state index >= 15 is 0 Å². The Labute approximate surface area is 185 Å². The summed E-state index contributed by atoms with van der Waals surface area (Å²) in [5.41, 5.74) is 22.9. The molecule has 0 fully saturated rings. The fourth-order valence-corrected chi connectivity index (χ4v) is 2.07. The number of nitrogens with zero attached hydrogens (tertiary/aromatic N) is 2. The molecule has 160 valence electrons. The number of guanidine groups is 2. The zero-order chi connectivity index (χ0) is 22.4. The second-order valence-corrected chi connectivity index (χ2v) is 7.91. The molecule has 0 aliphatic rings. The number of nitrogens with two attached hydrogens (primary N) is 4. The topological polar surface area (TPSA) is 203 Å². The van der Waals surface area contributed by atoms with E-state index in [0.29, 0.717) is 13.1 Å². The lowest BCUT2D eigenvalue weighted by molar-refractivity contribution is 0.381. The van der Waals surface area contributed by atoms with Gasteiger partial charge in [-0.15, -0.1) is 0 Å². The first kappa shape index (κ1) is 26.8. The second kappa shape index (κ2) is 13.9. The molecule has 0 aliphatic carbocycles. The molecule has 13 heteroatoms. The van der Waals surface area contributed by atoms with E-state index in [9.17, 15) is 0 Å². The Morgan fingerprint density at radius 1 is 0.724 bits per heavy atom. The lowest BCUT2D eigenvalue weighted by atomic mass is 10.2. The van der Waals surface area contributed by atoms with Gasteiger partial charge in [0.05, 0.1) is 13.1 Å². The molecule has 0 saturated carbocycles. The maximum atomic E-state index is 8.74. The van der Waals surface area contributed by atoms with E-state index < -0.39 is 10.4 Å². The minimum atomic E-state index is -4.67. The molecule has 2 aromatic rings. The van der Waals surface area contributed by atoms with Gasteiger partial charge in [0.25, 0.3) is 0 Å². The first-order valence-electron chi connectivity index (χ1n) is 7.66. The van der Waals surface area contributed by atoms with Crippen molar-refractivity contribution in [2.24, 2.45) is 32.9 Å². The maximum absolute atomic E-state index is 8.74. The molecular weight excluding hydrogens is 532 g/mol. The van der Waals surface area contributed by atoms with Gasteiger partial charge in [0.1, 0.15) is 0 Å². The lowest BCUT2D eigenvalue weighted by Crippen LogP contribution is -2.22. The highest BCUT2D eigenvalue weighted by molar-refractivity contribution is 9.10. The van der Waals surface area contributed by atoms with Crippen LogP contribution in [0.15, 0.2) is 67.5 Å². The largest absolute Gasteiger partial charge is 0.394 e. The summed E-state index contributed by atoms with van der Waals surface area (Å²) in [5, 5.41) is 0. The molecule has 0 aliphatic heterocycles. The van der Waals surface area contributed by atoms with E-state index in [-0.39, 0.29) is 11.9 Å². The molecular formula is C16H22Br2N6O4S. The lowest BCUT2D eigenvalue weighted by Gasteiger charge is -1.96. The number of benzene rings is 2. The maximum Gasteiger partial charge on any atom is 0.394 e. The van der Waals surface area contributed by atoms with E-state index in [4.69, 9.17) is 40.5 Å². The fourth-order valence-electron chi connectivity index (χ4n) is 1.54. The van der Waals surface area contributed by atoms with Crippen molar-refractivity contribution in [3.05, 3.63) is 68.6 Å². The Morgan fingerprint density at radius 2 is 0.966 bits per heavy atom. The van der Waals surface area contributed by atoms with Crippen LogP contribution in [0.1, 0.15) is 11.1 Å². The summed E-state index contributed by atoms with van der Waals surface area (Å²) in [6, 6.07) is 15.7. The Morgan fingerprint density at radius 3 is 1.17 bits per heavy atom. The van der Waals surface area contributed by atoms with Crippen LogP contribution in [0.2, 0.25) is 0 Å².